The minimum Gasteiger partial charge on any atom is -0.309 e. The average Bonchev–Trinajstić information content (AvgIpc) is 3.15. The lowest BCUT2D eigenvalue weighted by atomic mass is 10.2. The van der Waals surface area contributed by atoms with Crippen LogP contribution in [0.1, 0.15) is 17.7 Å². The largest absolute Gasteiger partial charge is 0.309 e. The van der Waals surface area contributed by atoms with Crippen LogP contribution in [0.15, 0.2) is 36.7 Å². The summed E-state index contributed by atoms with van der Waals surface area (Å²) in [6.45, 7) is 2.60. The minimum absolute atomic E-state index is 0.181. The lowest BCUT2D eigenvalue weighted by Crippen LogP contribution is -2.15. The molecule has 2 heterocycles. The van der Waals surface area contributed by atoms with Crippen molar-refractivity contribution in [1.29, 1.82) is 0 Å². The van der Waals surface area contributed by atoms with E-state index in [-0.39, 0.29) is 18.1 Å². The Bertz CT molecular complexity index is 918. The third-order valence-corrected chi connectivity index (χ3v) is 4.43. The van der Waals surface area contributed by atoms with E-state index >= 15 is 0 Å². The Hall–Kier alpha value is -2.38. The van der Waals surface area contributed by atoms with Gasteiger partial charge in [-0.15, -0.1) is 0 Å². The molecule has 1 aromatic carbocycles. The van der Waals surface area contributed by atoms with Crippen LogP contribution in [-0.4, -0.2) is 25.5 Å². The predicted octanol–water partition coefficient (Wildman–Crippen LogP) is 3.91. The van der Waals surface area contributed by atoms with Crippen molar-refractivity contribution in [1.82, 2.24) is 19.6 Å². The first-order valence-corrected chi connectivity index (χ1v) is 8.63. The number of anilines is 1. The quantitative estimate of drug-likeness (QED) is 0.687. The number of carbonyl (C=O) groups is 1. The maximum Gasteiger partial charge on any atom is 0.227 e. The molecular formula is C17H16Cl2FN5O. The maximum atomic E-state index is 13.1. The Morgan fingerprint density at radius 3 is 2.69 bits per heavy atom. The van der Waals surface area contributed by atoms with Crippen LogP contribution in [0.5, 0.6) is 0 Å². The SMILES string of the molecule is Cc1nn(CCC(=O)Nc2ccn(Cc3ccc(F)cc3Cl)n2)cc1Cl. The summed E-state index contributed by atoms with van der Waals surface area (Å²) in [6, 6.07) is 5.89. The molecule has 1 amide bonds. The fourth-order valence-corrected chi connectivity index (χ4v) is 2.75. The van der Waals surface area contributed by atoms with Gasteiger partial charge in [-0.3, -0.25) is 14.2 Å². The van der Waals surface area contributed by atoms with Gasteiger partial charge in [0.05, 0.1) is 17.3 Å². The number of aromatic nitrogens is 4. The highest BCUT2D eigenvalue weighted by molar-refractivity contribution is 6.31. The number of carbonyl (C=O) groups excluding carboxylic acids is 1. The van der Waals surface area contributed by atoms with Crippen molar-refractivity contribution in [3.8, 4) is 0 Å². The van der Waals surface area contributed by atoms with Gasteiger partial charge in [-0.05, 0) is 24.6 Å². The summed E-state index contributed by atoms with van der Waals surface area (Å²) in [6.07, 6.45) is 3.64. The van der Waals surface area contributed by atoms with Gasteiger partial charge in [-0.2, -0.15) is 10.2 Å². The number of rotatable bonds is 6. The molecule has 1 N–H and O–H groups in total. The summed E-state index contributed by atoms with van der Waals surface area (Å²) >= 11 is 12.0. The summed E-state index contributed by atoms with van der Waals surface area (Å²) in [4.78, 5) is 12.0. The molecule has 0 saturated carbocycles. The Balaban J connectivity index is 1.55. The smallest absolute Gasteiger partial charge is 0.227 e. The van der Waals surface area contributed by atoms with Crippen LogP contribution in [0.3, 0.4) is 0 Å². The molecule has 0 saturated heterocycles. The number of hydrogen-bond acceptors (Lipinski definition) is 3. The molecule has 0 spiro atoms. The molecule has 0 bridgehead atoms. The molecular weight excluding hydrogens is 380 g/mol. The van der Waals surface area contributed by atoms with E-state index < -0.39 is 0 Å². The lowest BCUT2D eigenvalue weighted by molar-refractivity contribution is -0.116. The van der Waals surface area contributed by atoms with E-state index in [1.54, 1.807) is 40.8 Å². The second-order valence-electron chi connectivity index (χ2n) is 5.76. The monoisotopic (exact) mass is 395 g/mol. The van der Waals surface area contributed by atoms with E-state index in [2.05, 4.69) is 15.5 Å². The van der Waals surface area contributed by atoms with E-state index in [4.69, 9.17) is 23.2 Å². The Kier molecular flexibility index (Phi) is 5.58. The molecule has 136 valence electrons. The van der Waals surface area contributed by atoms with Crippen molar-refractivity contribution < 1.29 is 9.18 Å². The molecule has 3 aromatic rings. The predicted molar refractivity (Wildman–Crippen MR) is 98.0 cm³/mol. The van der Waals surface area contributed by atoms with Gasteiger partial charge in [0.25, 0.3) is 0 Å². The molecule has 0 aliphatic carbocycles. The standard InChI is InChI=1S/C17H16Cl2FN5O/c1-11-15(19)10-25(22-11)7-5-17(26)21-16-4-6-24(23-16)9-12-2-3-13(20)8-14(12)18/h2-4,6,8,10H,5,7,9H2,1H3,(H,21,23,26). The van der Waals surface area contributed by atoms with Crippen LogP contribution in [0.2, 0.25) is 10.0 Å². The highest BCUT2D eigenvalue weighted by Gasteiger charge is 2.09. The third kappa shape index (κ3) is 4.62. The molecule has 0 fully saturated rings. The van der Waals surface area contributed by atoms with Gasteiger partial charge in [0.15, 0.2) is 5.82 Å². The number of halogens is 3. The molecule has 6 nitrogen and oxygen atoms in total. The van der Waals surface area contributed by atoms with Crippen molar-refractivity contribution in [2.75, 3.05) is 5.32 Å². The summed E-state index contributed by atoms with van der Waals surface area (Å²) in [5.74, 6) is -0.136. The summed E-state index contributed by atoms with van der Waals surface area (Å²) in [5.41, 5.74) is 1.46. The van der Waals surface area contributed by atoms with E-state index in [9.17, 15) is 9.18 Å². The van der Waals surface area contributed by atoms with Gasteiger partial charge >= 0.3 is 0 Å². The van der Waals surface area contributed by atoms with Crippen LogP contribution < -0.4 is 5.32 Å². The average molecular weight is 396 g/mol. The van der Waals surface area contributed by atoms with Crippen molar-refractivity contribution in [2.24, 2.45) is 0 Å². The molecule has 3 rings (SSSR count). The normalized spacial score (nSPS) is 10.9. The topological polar surface area (TPSA) is 64.7 Å². The number of nitrogens with one attached hydrogen (secondary N) is 1. The van der Waals surface area contributed by atoms with Crippen LogP contribution in [0, 0.1) is 12.7 Å². The Labute approximate surface area is 159 Å². The number of hydrogen-bond donors (Lipinski definition) is 1. The van der Waals surface area contributed by atoms with Crippen molar-refractivity contribution in [2.45, 2.75) is 26.4 Å². The summed E-state index contributed by atoms with van der Waals surface area (Å²) in [7, 11) is 0. The number of aryl methyl sites for hydroxylation is 2. The molecule has 0 unspecified atom stereocenters. The van der Waals surface area contributed by atoms with E-state index in [1.807, 2.05) is 0 Å². The zero-order chi connectivity index (χ0) is 18.7. The second kappa shape index (κ2) is 7.88. The van der Waals surface area contributed by atoms with Crippen molar-refractivity contribution in [3.63, 3.8) is 0 Å². The van der Waals surface area contributed by atoms with Crippen LogP contribution in [0.4, 0.5) is 10.2 Å². The molecule has 2 aromatic heterocycles. The molecule has 9 heteroatoms. The molecule has 26 heavy (non-hydrogen) atoms. The molecule has 0 aliphatic rings. The van der Waals surface area contributed by atoms with Crippen molar-refractivity contribution >= 4 is 34.9 Å². The first-order chi connectivity index (χ1) is 12.4. The first kappa shape index (κ1) is 18.4. The van der Waals surface area contributed by atoms with E-state index in [0.29, 0.717) is 29.0 Å². The van der Waals surface area contributed by atoms with E-state index in [1.165, 1.54) is 12.1 Å². The highest BCUT2D eigenvalue weighted by Crippen LogP contribution is 2.18. The Morgan fingerprint density at radius 2 is 2.00 bits per heavy atom. The molecule has 0 aliphatic heterocycles. The van der Waals surface area contributed by atoms with Crippen LogP contribution in [0.25, 0.3) is 0 Å². The second-order valence-corrected chi connectivity index (χ2v) is 6.57. The van der Waals surface area contributed by atoms with Gasteiger partial charge in [0, 0.05) is 36.4 Å². The fraction of sp³-hybridized carbons (Fsp3) is 0.235. The van der Waals surface area contributed by atoms with Crippen LogP contribution in [-0.2, 0) is 17.9 Å². The summed E-state index contributed by atoms with van der Waals surface area (Å²) in [5, 5.41) is 12.1. The zero-order valence-corrected chi connectivity index (χ0v) is 15.4. The first-order valence-electron chi connectivity index (χ1n) is 7.87. The Morgan fingerprint density at radius 1 is 1.19 bits per heavy atom. The highest BCUT2D eigenvalue weighted by atomic mass is 35.5. The molecule has 0 radical (unpaired) electrons. The third-order valence-electron chi connectivity index (χ3n) is 3.71. The number of benzene rings is 1. The van der Waals surface area contributed by atoms with E-state index in [0.717, 1.165) is 11.3 Å². The van der Waals surface area contributed by atoms with Crippen molar-refractivity contribution in [3.05, 3.63) is 63.8 Å². The van der Waals surface area contributed by atoms with Gasteiger partial charge in [-0.1, -0.05) is 29.3 Å². The van der Waals surface area contributed by atoms with Gasteiger partial charge < -0.3 is 5.32 Å². The maximum absolute atomic E-state index is 13.1. The number of amides is 1. The lowest BCUT2D eigenvalue weighted by Gasteiger charge is -2.05. The summed E-state index contributed by atoms with van der Waals surface area (Å²) < 4.78 is 16.3. The number of nitrogens with zero attached hydrogens (tertiary/aromatic N) is 4. The fourth-order valence-electron chi connectivity index (χ4n) is 2.37. The zero-order valence-electron chi connectivity index (χ0n) is 13.9. The van der Waals surface area contributed by atoms with Gasteiger partial charge in [0.1, 0.15) is 5.82 Å². The minimum atomic E-state index is -0.388. The van der Waals surface area contributed by atoms with Gasteiger partial charge in [-0.25, -0.2) is 4.39 Å². The molecule has 0 atom stereocenters. The van der Waals surface area contributed by atoms with Gasteiger partial charge in [0.2, 0.25) is 5.91 Å². The van der Waals surface area contributed by atoms with Crippen LogP contribution >= 0.6 is 23.2 Å².